The maximum absolute atomic E-state index is 12.9. The minimum Gasteiger partial charge on any atom is -0.270 e. The van der Waals surface area contributed by atoms with Gasteiger partial charge in [0.1, 0.15) is 5.69 Å². The van der Waals surface area contributed by atoms with Gasteiger partial charge in [0.2, 0.25) is 11.9 Å². The molecule has 25 heavy (non-hydrogen) atoms. The van der Waals surface area contributed by atoms with Crippen molar-refractivity contribution in [2.75, 3.05) is 20.6 Å². The number of likely N-dealkylation sites (N-methyl/N-ethyl adjacent to an activating group) is 2. The lowest BCUT2D eigenvalue weighted by atomic mass is 10.1. The van der Waals surface area contributed by atoms with Crippen LogP contribution in [0.25, 0.3) is 0 Å². The van der Waals surface area contributed by atoms with E-state index in [0.29, 0.717) is 18.3 Å². The van der Waals surface area contributed by atoms with Gasteiger partial charge in [0.15, 0.2) is 0 Å². The van der Waals surface area contributed by atoms with E-state index in [9.17, 15) is 9.59 Å². The molecule has 2 aliphatic rings. The number of nitrogens with zero attached hydrogens (tertiary/aromatic N) is 6. The maximum atomic E-state index is 12.9. The van der Waals surface area contributed by atoms with E-state index in [4.69, 9.17) is 0 Å². The SMILES string of the molecule is CCCN1C(=O)C2C(=NC(n3nc(CC)cc3CC)=[N+]2C)N(C)C1=O. The van der Waals surface area contributed by atoms with E-state index in [1.54, 1.807) is 11.7 Å². The van der Waals surface area contributed by atoms with Gasteiger partial charge < -0.3 is 0 Å². The van der Waals surface area contributed by atoms with Crippen molar-refractivity contribution in [1.82, 2.24) is 19.6 Å². The Bertz CT molecular complexity index is 791. The van der Waals surface area contributed by atoms with Crippen molar-refractivity contribution in [2.45, 2.75) is 46.1 Å². The van der Waals surface area contributed by atoms with E-state index < -0.39 is 6.04 Å². The predicted octanol–water partition coefficient (Wildman–Crippen LogP) is 0.939. The smallest absolute Gasteiger partial charge is 0.270 e. The van der Waals surface area contributed by atoms with Gasteiger partial charge >= 0.3 is 12.0 Å². The topological polar surface area (TPSA) is 73.8 Å². The van der Waals surface area contributed by atoms with Crippen molar-refractivity contribution < 1.29 is 14.2 Å². The van der Waals surface area contributed by atoms with E-state index >= 15 is 0 Å². The van der Waals surface area contributed by atoms with Crippen LogP contribution in [0.1, 0.15) is 38.6 Å². The third kappa shape index (κ3) is 2.56. The van der Waals surface area contributed by atoms with Gasteiger partial charge in [0, 0.05) is 20.0 Å². The summed E-state index contributed by atoms with van der Waals surface area (Å²) in [5, 5.41) is 4.62. The van der Waals surface area contributed by atoms with Crippen molar-refractivity contribution >= 4 is 23.7 Å². The summed E-state index contributed by atoms with van der Waals surface area (Å²) < 4.78 is 3.61. The summed E-state index contributed by atoms with van der Waals surface area (Å²) in [5.41, 5.74) is 2.02. The van der Waals surface area contributed by atoms with E-state index in [2.05, 4.69) is 30.0 Å². The van der Waals surface area contributed by atoms with E-state index in [-0.39, 0.29) is 11.9 Å². The fraction of sp³-hybridized carbons (Fsp3) is 0.588. The minimum atomic E-state index is -0.580. The van der Waals surface area contributed by atoms with Crippen molar-refractivity contribution in [2.24, 2.45) is 4.99 Å². The lowest BCUT2D eigenvalue weighted by Crippen LogP contribution is -2.62. The Morgan fingerprint density at radius 3 is 2.52 bits per heavy atom. The van der Waals surface area contributed by atoms with Crippen molar-refractivity contribution in [3.05, 3.63) is 17.5 Å². The maximum Gasteiger partial charge on any atom is 0.421 e. The highest BCUT2D eigenvalue weighted by Crippen LogP contribution is 2.20. The number of carbonyl (C=O) groups is 2. The number of aromatic nitrogens is 2. The van der Waals surface area contributed by atoms with Crippen LogP contribution in [-0.2, 0) is 17.6 Å². The van der Waals surface area contributed by atoms with Gasteiger partial charge in [-0.3, -0.25) is 14.6 Å². The second-order valence-corrected chi connectivity index (χ2v) is 6.36. The molecule has 2 aliphatic heterocycles. The zero-order chi connectivity index (χ0) is 18.3. The number of amides is 3. The van der Waals surface area contributed by atoms with E-state index in [1.807, 2.05) is 18.5 Å². The summed E-state index contributed by atoms with van der Waals surface area (Å²) in [7, 11) is 3.50. The Labute approximate surface area is 147 Å². The molecule has 3 heterocycles. The van der Waals surface area contributed by atoms with Crippen LogP contribution >= 0.6 is 0 Å². The lowest BCUT2D eigenvalue weighted by Gasteiger charge is -2.33. The number of fused-ring (bicyclic) bond motifs is 1. The molecule has 0 radical (unpaired) electrons. The molecule has 134 valence electrons. The number of amidine groups is 1. The van der Waals surface area contributed by atoms with Crippen molar-refractivity contribution in [3.8, 4) is 0 Å². The van der Waals surface area contributed by atoms with Gasteiger partial charge in [-0.1, -0.05) is 25.8 Å². The summed E-state index contributed by atoms with van der Waals surface area (Å²) in [5.74, 6) is 0.834. The van der Waals surface area contributed by atoms with Gasteiger partial charge in [-0.2, -0.15) is 0 Å². The summed E-state index contributed by atoms with van der Waals surface area (Å²) in [6.45, 7) is 6.48. The normalized spacial score (nSPS) is 20.5. The Balaban J connectivity index is 2.08. The molecule has 1 aromatic heterocycles. The van der Waals surface area contributed by atoms with Crippen molar-refractivity contribution in [1.29, 1.82) is 0 Å². The van der Waals surface area contributed by atoms with Gasteiger partial charge in [0.25, 0.3) is 5.91 Å². The number of imide groups is 1. The molecule has 8 heteroatoms. The molecule has 1 atom stereocenters. The number of rotatable bonds is 4. The van der Waals surface area contributed by atoms with Crippen LogP contribution in [0.5, 0.6) is 0 Å². The molecule has 3 amide bonds. The van der Waals surface area contributed by atoms with Crippen LogP contribution in [0.4, 0.5) is 4.79 Å². The second-order valence-electron chi connectivity index (χ2n) is 6.36. The Morgan fingerprint density at radius 2 is 1.92 bits per heavy atom. The summed E-state index contributed by atoms with van der Waals surface area (Å²) >= 11 is 0. The molecular weight excluding hydrogens is 320 g/mol. The number of aryl methyl sites for hydroxylation is 2. The molecule has 8 nitrogen and oxygen atoms in total. The highest BCUT2D eigenvalue weighted by Gasteiger charge is 2.51. The average molecular weight is 345 g/mol. The summed E-state index contributed by atoms with van der Waals surface area (Å²) in [6.07, 6.45) is 2.37. The van der Waals surface area contributed by atoms with Crippen LogP contribution < -0.4 is 0 Å². The number of hydrogen-bond donors (Lipinski definition) is 0. The molecule has 1 unspecified atom stereocenters. The molecule has 1 aromatic rings. The number of hydrogen-bond acceptors (Lipinski definition) is 4. The first kappa shape index (κ1) is 17.3. The molecule has 0 N–H and O–H groups in total. The third-order valence-electron chi connectivity index (χ3n) is 4.72. The third-order valence-corrected chi connectivity index (χ3v) is 4.72. The highest BCUT2D eigenvalue weighted by molar-refractivity contribution is 6.22. The standard InChI is InChI=1S/C17H25N6O2/c1-6-9-22-15(24)13-14(21(5)17(22)25)18-16(20(13)4)23-12(8-3)10-11(7-2)19-23/h10,13H,6-9H2,1-5H3/q+1. The van der Waals surface area contributed by atoms with Crippen molar-refractivity contribution in [3.63, 3.8) is 0 Å². The van der Waals surface area contributed by atoms with E-state index in [1.165, 1.54) is 9.80 Å². The molecule has 0 bridgehead atoms. The fourth-order valence-corrected chi connectivity index (χ4v) is 3.29. The fourth-order valence-electron chi connectivity index (χ4n) is 3.29. The second kappa shape index (κ2) is 6.42. The molecular formula is C17H25N6O2+. The summed E-state index contributed by atoms with van der Waals surface area (Å²) in [4.78, 5) is 32.8. The number of carbonyl (C=O) groups excluding carboxylic acids is 2. The average Bonchev–Trinajstić information content (AvgIpc) is 3.17. The molecule has 0 aliphatic carbocycles. The Hall–Kier alpha value is -2.51. The molecule has 3 rings (SSSR count). The zero-order valence-electron chi connectivity index (χ0n) is 15.5. The quantitative estimate of drug-likeness (QED) is 0.762. The van der Waals surface area contributed by atoms with Gasteiger partial charge in [-0.15, -0.1) is 9.78 Å². The first-order chi connectivity index (χ1) is 11.9. The van der Waals surface area contributed by atoms with E-state index in [0.717, 1.165) is 30.7 Å². The molecule has 0 saturated carbocycles. The lowest BCUT2D eigenvalue weighted by molar-refractivity contribution is -0.507. The minimum absolute atomic E-state index is 0.220. The highest BCUT2D eigenvalue weighted by atomic mass is 16.2. The predicted molar refractivity (Wildman–Crippen MR) is 94.0 cm³/mol. The summed E-state index contributed by atoms with van der Waals surface area (Å²) in [6, 6.07) is 1.16. The van der Waals surface area contributed by atoms with Gasteiger partial charge in [-0.25, -0.2) is 9.37 Å². The van der Waals surface area contributed by atoms with Gasteiger partial charge in [-0.05, 0) is 18.9 Å². The number of aliphatic imine (C=N–C) groups is 1. The Kier molecular flexibility index (Phi) is 4.45. The molecule has 0 aromatic carbocycles. The van der Waals surface area contributed by atoms with Crippen LogP contribution in [0.15, 0.2) is 11.1 Å². The number of urea groups is 1. The largest absolute Gasteiger partial charge is 0.421 e. The first-order valence-electron chi connectivity index (χ1n) is 8.80. The van der Waals surface area contributed by atoms with Gasteiger partial charge in [0.05, 0.1) is 12.7 Å². The zero-order valence-corrected chi connectivity index (χ0v) is 15.5. The van der Waals surface area contributed by atoms with Crippen LogP contribution in [0.3, 0.4) is 0 Å². The first-order valence-corrected chi connectivity index (χ1v) is 8.80. The monoisotopic (exact) mass is 345 g/mol. The Morgan fingerprint density at radius 1 is 1.20 bits per heavy atom. The molecule has 1 saturated heterocycles. The van der Waals surface area contributed by atoms with Crippen LogP contribution in [0.2, 0.25) is 0 Å². The van der Waals surface area contributed by atoms with Crippen LogP contribution in [-0.4, -0.2) is 74.6 Å². The molecule has 1 fully saturated rings. The van der Waals surface area contributed by atoms with Crippen LogP contribution in [0, 0.1) is 0 Å². The molecule has 0 spiro atoms.